The molecular formula is C12H16ClN5. The molecule has 18 heavy (non-hydrogen) atoms. The molecule has 3 heterocycles. The first-order valence-corrected chi connectivity index (χ1v) is 6.58. The van der Waals surface area contributed by atoms with E-state index in [1.54, 1.807) is 4.52 Å². The summed E-state index contributed by atoms with van der Waals surface area (Å²) in [6.45, 7) is 6.30. The van der Waals surface area contributed by atoms with Gasteiger partial charge in [0.2, 0.25) is 0 Å². The van der Waals surface area contributed by atoms with E-state index in [-0.39, 0.29) is 6.04 Å². The monoisotopic (exact) mass is 265 g/mol. The summed E-state index contributed by atoms with van der Waals surface area (Å²) < 4.78 is 1.78. The lowest BCUT2D eigenvalue weighted by atomic mass is 10.2. The molecular weight excluding hydrogens is 250 g/mol. The quantitative estimate of drug-likeness (QED) is 0.890. The Balaban J connectivity index is 1.88. The highest BCUT2D eigenvalue weighted by Gasteiger charge is 2.21. The fourth-order valence-corrected chi connectivity index (χ4v) is 2.44. The van der Waals surface area contributed by atoms with Gasteiger partial charge in [-0.05, 0) is 13.0 Å². The molecule has 2 aromatic heterocycles. The smallest absolute Gasteiger partial charge is 0.168 e. The molecule has 1 aliphatic heterocycles. The van der Waals surface area contributed by atoms with Crippen molar-refractivity contribution in [3.63, 3.8) is 0 Å². The van der Waals surface area contributed by atoms with E-state index in [4.69, 9.17) is 11.6 Å². The van der Waals surface area contributed by atoms with Crippen LogP contribution in [0.4, 0.5) is 0 Å². The molecule has 0 bridgehead atoms. The summed E-state index contributed by atoms with van der Waals surface area (Å²) in [6, 6.07) is 3.90. The van der Waals surface area contributed by atoms with Crippen molar-refractivity contribution < 1.29 is 0 Å². The van der Waals surface area contributed by atoms with Crippen LogP contribution in [0.2, 0.25) is 5.02 Å². The molecule has 1 saturated heterocycles. The Hall–Kier alpha value is -1.17. The van der Waals surface area contributed by atoms with Gasteiger partial charge in [-0.3, -0.25) is 4.90 Å². The van der Waals surface area contributed by atoms with Crippen LogP contribution in [0.25, 0.3) is 5.65 Å². The maximum Gasteiger partial charge on any atom is 0.168 e. The van der Waals surface area contributed by atoms with Crippen LogP contribution in [0.1, 0.15) is 18.8 Å². The first kappa shape index (κ1) is 11.9. The Morgan fingerprint density at radius 1 is 1.39 bits per heavy atom. The van der Waals surface area contributed by atoms with Crippen LogP contribution in [0.3, 0.4) is 0 Å². The fraction of sp³-hybridized carbons (Fsp3) is 0.500. The van der Waals surface area contributed by atoms with Crippen molar-refractivity contribution in [2.24, 2.45) is 0 Å². The van der Waals surface area contributed by atoms with Gasteiger partial charge in [0.25, 0.3) is 0 Å². The minimum atomic E-state index is 0.241. The Labute approximate surface area is 111 Å². The van der Waals surface area contributed by atoms with Crippen molar-refractivity contribution >= 4 is 17.2 Å². The standard InChI is InChI=1S/C12H16ClN5/c1-9(17-6-3-14-4-7-17)12-15-11-8-10(13)2-5-18(11)16-12/h2,5,8-9,14H,3-4,6-7H2,1H3. The van der Waals surface area contributed by atoms with Crippen LogP contribution in [0, 0.1) is 0 Å². The second kappa shape index (κ2) is 4.84. The molecule has 0 radical (unpaired) electrons. The third-order valence-electron chi connectivity index (χ3n) is 3.39. The van der Waals surface area contributed by atoms with Crippen LogP contribution >= 0.6 is 11.6 Å². The van der Waals surface area contributed by atoms with Crippen LogP contribution in [0.5, 0.6) is 0 Å². The highest BCUT2D eigenvalue weighted by molar-refractivity contribution is 6.30. The maximum absolute atomic E-state index is 5.96. The Bertz CT molecular complexity index is 546. The zero-order valence-corrected chi connectivity index (χ0v) is 11.1. The minimum absolute atomic E-state index is 0.241. The maximum atomic E-state index is 5.96. The third-order valence-corrected chi connectivity index (χ3v) is 3.62. The lowest BCUT2D eigenvalue weighted by Crippen LogP contribution is -2.44. The zero-order valence-electron chi connectivity index (χ0n) is 10.3. The summed E-state index contributed by atoms with van der Waals surface area (Å²) in [5.41, 5.74) is 0.805. The molecule has 1 fully saturated rings. The van der Waals surface area contributed by atoms with Crippen molar-refractivity contribution in [3.05, 3.63) is 29.2 Å². The van der Waals surface area contributed by atoms with Gasteiger partial charge in [0.1, 0.15) is 0 Å². The second-order valence-corrected chi connectivity index (χ2v) is 5.02. The molecule has 0 amide bonds. The normalized spacial score (nSPS) is 19.2. The number of fused-ring (bicyclic) bond motifs is 1. The van der Waals surface area contributed by atoms with Crippen LogP contribution in [0.15, 0.2) is 18.3 Å². The van der Waals surface area contributed by atoms with E-state index >= 15 is 0 Å². The van der Waals surface area contributed by atoms with Crippen molar-refractivity contribution in [1.29, 1.82) is 0 Å². The highest BCUT2D eigenvalue weighted by Crippen LogP contribution is 2.19. The van der Waals surface area contributed by atoms with Crippen LogP contribution in [-0.4, -0.2) is 45.7 Å². The molecule has 0 aromatic carbocycles. The topological polar surface area (TPSA) is 45.5 Å². The zero-order chi connectivity index (χ0) is 12.5. The molecule has 96 valence electrons. The van der Waals surface area contributed by atoms with Gasteiger partial charge in [-0.1, -0.05) is 11.6 Å². The van der Waals surface area contributed by atoms with Gasteiger partial charge < -0.3 is 5.32 Å². The molecule has 1 aliphatic rings. The van der Waals surface area contributed by atoms with Crippen LogP contribution < -0.4 is 5.32 Å². The van der Waals surface area contributed by atoms with Gasteiger partial charge in [0.15, 0.2) is 11.5 Å². The Kier molecular flexibility index (Phi) is 3.20. The predicted molar refractivity (Wildman–Crippen MR) is 70.9 cm³/mol. The van der Waals surface area contributed by atoms with Gasteiger partial charge >= 0.3 is 0 Å². The molecule has 2 aromatic rings. The van der Waals surface area contributed by atoms with Crippen LogP contribution in [-0.2, 0) is 0 Å². The molecule has 0 saturated carbocycles. The number of aromatic nitrogens is 3. The molecule has 1 atom stereocenters. The second-order valence-electron chi connectivity index (χ2n) is 4.58. The summed E-state index contributed by atoms with van der Waals surface area (Å²) in [5, 5.41) is 8.55. The van der Waals surface area contributed by atoms with Gasteiger partial charge in [0.05, 0.1) is 6.04 Å². The predicted octanol–water partition coefficient (Wildman–Crippen LogP) is 1.35. The molecule has 0 aliphatic carbocycles. The average Bonchev–Trinajstić information content (AvgIpc) is 2.81. The number of nitrogens with one attached hydrogen (secondary N) is 1. The van der Waals surface area contributed by atoms with E-state index in [1.165, 1.54) is 0 Å². The van der Waals surface area contributed by atoms with E-state index < -0.39 is 0 Å². The lowest BCUT2D eigenvalue weighted by molar-refractivity contribution is 0.179. The van der Waals surface area contributed by atoms with Crippen molar-refractivity contribution in [3.8, 4) is 0 Å². The molecule has 1 unspecified atom stereocenters. The summed E-state index contributed by atoms with van der Waals surface area (Å²) in [7, 11) is 0. The Morgan fingerprint density at radius 2 is 2.17 bits per heavy atom. The Morgan fingerprint density at radius 3 is 2.94 bits per heavy atom. The third kappa shape index (κ3) is 2.21. The van der Waals surface area contributed by atoms with E-state index in [0.717, 1.165) is 37.7 Å². The first-order valence-electron chi connectivity index (χ1n) is 6.20. The minimum Gasteiger partial charge on any atom is -0.314 e. The number of nitrogens with zero attached hydrogens (tertiary/aromatic N) is 4. The molecule has 1 N–H and O–H groups in total. The van der Waals surface area contributed by atoms with E-state index in [2.05, 4.69) is 27.2 Å². The van der Waals surface area contributed by atoms with Crippen molar-refractivity contribution in [2.75, 3.05) is 26.2 Å². The summed E-state index contributed by atoms with van der Waals surface area (Å²) in [6.07, 6.45) is 1.85. The molecule has 3 rings (SSSR count). The lowest BCUT2D eigenvalue weighted by Gasteiger charge is -2.31. The average molecular weight is 266 g/mol. The SMILES string of the molecule is CC(c1nc2cc(Cl)ccn2n1)N1CCNCC1. The van der Waals surface area contributed by atoms with Gasteiger partial charge in [-0.15, -0.1) is 5.10 Å². The van der Waals surface area contributed by atoms with Gasteiger partial charge in [-0.2, -0.15) is 0 Å². The number of hydrogen-bond donors (Lipinski definition) is 1. The summed E-state index contributed by atoms with van der Waals surface area (Å²) in [5.74, 6) is 0.860. The van der Waals surface area contributed by atoms with Gasteiger partial charge in [0, 0.05) is 43.5 Å². The fourth-order valence-electron chi connectivity index (χ4n) is 2.28. The summed E-state index contributed by atoms with van der Waals surface area (Å²) in [4.78, 5) is 6.95. The number of halogens is 1. The van der Waals surface area contributed by atoms with Crippen molar-refractivity contribution in [2.45, 2.75) is 13.0 Å². The largest absolute Gasteiger partial charge is 0.314 e. The number of piperazine rings is 1. The number of hydrogen-bond acceptors (Lipinski definition) is 4. The molecule has 0 spiro atoms. The number of pyridine rings is 1. The highest BCUT2D eigenvalue weighted by atomic mass is 35.5. The summed E-state index contributed by atoms with van der Waals surface area (Å²) >= 11 is 5.96. The molecule has 6 heteroatoms. The van der Waals surface area contributed by atoms with Crippen molar-refractivity contribution in [1.82, 2.24) is 24.8 Å². The molecule has 5 nitrogen and oxygen atoms in total. The van der Waals surface area contributed by atoms with E-state index in [9.17, 15) is 0 Å². The first-order chi connectivity index (χ1) is 8.74. The van der Waals surface area contributed by atoms with E-state index in [0.29, 0.717) is 5.02 Å². The van der Waals surface area contributed by atoms with E-state index in [1.807, 2.05) is 18.3 Å². The van der Waals surface area contributed by atoms with Gasteiger partial charge in [-0.25, -0.2) is 9.50 Å². The number of rotatable bonds is 2.